The molecular formula is C33H37NOS. The highest BCUT2D eigenvalue weighted by Gasteiger charge is 2.29. The number of fused-ring (bicyclic) bond motifs is 1. The summed E-state index contributed by atoms with van der Waals surface area (Å²) >= 11 is 1.91. The van der Waals surface area contributed by atoms with Gasteiger partial charge in [0, 0.05) is 16.1 Å². The monoisotopic (exact) mass is 495 g/mol. The highest BCUT2D eigenvalue weighted by Crippen LogP contribution is 2.45. The molecule has 0 spiro atoms. The minimum absolute atomic E-state index is 0.404. The van der Waals surface area contributed by atoms with Crippen molar-refractivity contribution in [1.29, 1.82) is 0 Å². The van der Waals surface area contributed by atoms with E-state index in [1.54, 1.807) is 7.11 Å². The number of allylic oxidation sites excluding steroid dienone is 1. The molecule has 2 nitrogen and oxygen atoms in total. The zero-order valence-corrected chi connectivity index (χ0v) is 22.4. The number of nitrogens with two attached hydrogens (primary N) is 1. The summed E-state index contributed by atoms with van der Waals surface area (Å²) in [6.45, 7) is 7.60. The fraction of sp³-hybridized carbons (Fsp3) is 0.333. The van der Waals surface area contributed by atoms with Crippen LogP contribution in [0.2, 0.25) is 0 Å². The molecule has 1 aliphatic carbocycles. The molecule has 1 aromatic heterocycles. The molecule has 1 heterocycles. The van der Waals surface area contributed by atoms with Crippen LogP contribution in [0.15, 0.2) is 73.3 Å². The lowest BCUT2D eigenvalue weighted by Crippen LogP contribution is -2.21. The molecule has 2 N–H and O–H groups in total. The second-order valence-electron chi connectivity index (χ2n) is 10.2. The van der Waals surface area contributed by atoms with Crippen LogP contribution in [0.5, 0.6) is 5.75 Å². The van der Waals surface area contributed by atoms with Crippen molar-refractivity contribution in [3.63, 3.8) is 0 Å². The zero-order valence-electron chi connectivity index (χ0n) is 21.6. The van der Waals surface area contributed by atoms with Crippen molar-refractivity contribution in [2.45, 2.75) is 52.0 Å². The van der Waals surface area contributed by atoms with Crippen molar-refractivity contribution in [3.8, 4) is 16.9 Å². The number of hydrogen-bond acceptors (Lipinski definition) is 3. The van der Waals surface area contributed by atoms with Crippen LogP contribution in [-0.4, -0.2) is 7.11 Å². The van der Waals surface area contributed by atoms with Gasteiger partial charge in [-0.05, 0) is 95.0 Å². The van der Waals surface area contributed by atoms with E-state index in [0.717, 1.165) is 17.7 Å². The van der Waals surface area contributed by atoms with Gasteiger partial charge in [0.05, 0.1) is 7.11 Å². The van der Waals surface area contributed by atoms with Crippen LogP contribution in [0.25, 0.3) is 26.8 Å². The van der Waals surface area contributed by atoms with Crippen molar-refractivity contribution < 1.29 is 4.74 Å². The number of aryl methyl sites for hydroxylation is 1. The molecule has 0 aliphatic heterocycles. The Morgan fingerprint density at radius 3 is 2.42 bits per heavy atom. The maximum absolute atomic E-state index is 5.87. The molecule has 1 fully saturated rings. The first-order chi connectivity index (χ1) is 17.6. The Balaban J connectivity index is 1.52. The molecule has 1 aliphatic rings. The number of methoxy groups -OCH3 is 1. The van der Waals surface area contributed by atoms with Gasteiger partial charge in [0.15, 0.2) is 0 Å². The maximum Gasteiger partial charge on any atom is 0.122 e. The minimum atomic E-state index is 0.404. The van der Waals surface area contributed by atoms with Crippen LogP contribution in [0.1, 0.15) is 53.7 Å². The van der Waals surface area contributed by atoms with Gasteiger partial charge in [-0.15, -0.1) is 11.3 Å². The molecule has 3 aromatic carbocycles. The summed E-state index contributed by atoms with van der Waals surface area (Å²) in [5, 5.41) is 1.36. The number of rotatable bonds is 8. The normalized spacial score (nSPS) is 15.2. The number of hydrogen-bond donors (Lipinski definition) is 1. The molecule has 0 saturated heterocycles. The molecular weight excluding hydrogens is 458 g/mol. The third-order valence-electron chi connectivity index (χ3n) is 8.04. The number of ether oxygens (including phenoxy) is 1. The Hall–Kier alpha value is -2.88. The Kier molecular flexibility index (Phi) is 7.59. The van der Waals surface area contributed by atoms with E-state index < -0.39 is 0 Å². The van der Waals surface area contributed by atoms with Gasteiger partial charge >= 0.3 is 0 Å². The van der Waals surface area contributed by atoms with Crippen LogP contribution in [0.3, 0.4) is 0 Å². The lowest BCUT2D eigenvalue weighted by atomic mass is 9.73. The van der Waals surface area contributed by atoms with Gasteiger partial charge in [0.25, 0.3) is 0 Å². The minimum Gasteiger partial charge on any atom is -0.496 e. The summed E-state index contributed by atoms with van der Waals surface area (Å²) < 4.78 is 7.23. The standard InChI is InChI=1S/C33H37NOS/c1-22-29-11-7-8-12-32(29)36-33(22)23(2)30(26-9-5-4-6-10-26)20-28-19-27(17-18-31(28)35-3)25-15-13-24(21-34)14-16-25/h7-8,11-19,26,30H,2,4-6,9-10,20-21,34H2,1,3H3. The Bertz CT molecular complexity index is 1340. The lowest BCUT2D eigenvalue weighted by molar-refractivity contribution is 0.289. The Labute approximate surface area is 219 Å². The molecule has 1 unspecified atom stereocenters. The quantitative estimate of drug-likeness (QED) is 0.265. The first-order valence-electron chi connectivity index (χ1n) is 13.2. The molecule has 5 rings (SSSR count). The molecule has 4 aromatic rings. The van der Waals surface area contributed by atoms with Gasteiger partial charge in [-0.3, -0.25) is 0 Å². The van der Waals surface area contributed by atoms with E-state index in [1.807, 2.05) is 11.3 Å². The number of thiophene rings is 1. The average Bonchev–Trinajstić information content (AvgIpc) is 3.28. The van der Waals surface area contributed by atoms with E-state index in [9.17, 15) is 0 Å². The van der Waals surface area contributed by atoms with E-state index in [-0.39, 0.29) is 0 Å². The van der Waals surface area contributed by atoms with Gasteiger partial charge in [0.1, 0.15) is 5.75 Å². The summed E-state index contributed by atoms with van der Waals surface area (Å²) in [6.07, 6.45) is 7.53. The van der Waals surface area contributed by atoms with Gasteiger partial charge in [-0.25, -0.2) is 0 Å². The molecule has 1 saturated carbocycles. The van der Waals surface area contributed by atoms with Crippen LogP contribution in [0, 0.1) is 18.8 Å². The fourth-order valence-corrected chi connectivity index (χ4v) is 7.19. The van der Waals surface area contributed by atoms with Crippen molar-refractivity contribution in [2.75, 3.05) is 7.11 Å². The molecule has 186 valence electrons. The predicted octanol–water partition coefficient (Wildman–Crippen LogP) is 8.80. The van der Waals surface area contributed by atoms with Gasteiger partial charge < -0.3 is 10.5 Å². The smallest absolute Gasteiger partial charge is 0.122 e. The largest absolute Gasteiger partial charge is 0.496 e. The van der Waals surface area contributed by atoms with Gasteiger partial charge in [0.2, 0.25) is 0 Å². The number of benzene rings is 3. The fourth-order valence-electron chi connectivity index (χ4n) is 5.95. The molecule has 0 amide bonds. The predicted molar refractivity (Wildman–Crippen MR) is 156 cm³/mol. The summed E-state index contributed by atoms with van der Waals surface area (Å²) in [6, 6.07) is 24.0. The van der Waals surface area contributed by atoms with E-state index in [0.29, 0.717) is 18.4 Å². The zero-order chi connectivity index (χ0) is 25.1. The Morgan fingerprint density at radius 2 is 1.72 bits per heavy atom. The SMILES string of the molecule is C=C(c1sc2ccccc2c1C)C(Cc1cc(-c2ccc(CN)cc2)ccc1OC)C1CCCCC1. The van der Waals surface area contributed by atoms with E-state index in [1.165, 1.54) is 74.9 Å². The molecule has 0 radical (unpaired) electrons. The summed E-state index contributed by atoms with van der Waals surface area (Å²) in [4.78, 5) is 1.37. The van der Waals surface area contributed by atoms with Crippen molar-refractivity contribution >= 4 is 27.0 Å². The molecule has 1 atom stereocenters. The van der Waals surface area contributed by atoms with Crippen LogP contribution in [0.4, 0.5) is 0 Å². The lowest BCUT2D eigenvalue weighted by Gasteiger charge is -2.32. The van der Waals surface area contributed by atoms with E-state index in [4.69, 9.17) is 17.0 Å². The van der Waals surface area contributed by atoms with Crippen molar-refractivity contribution in [2.24, 2.45) is 17.6 Å². The third kappa shape index (κ3) is 5.00. The Morgan fingerprint density at radius 1 is 1.00 bits per heavy atom. The summed E-state index contributed by atoms with van der Waals surface area (Å²) in [5.41, 5.74) is 13.4. The third-order valence-corrected chi connectivity index (χ3v) is 9.39. The molecule has 0 bridgehead atoms. The average molecular weight is 496 g/mol. The highest BCUT2D eigenvalue weighted by atomic mass is 32.1. The first kappa shape index (κ1) is 24.8. The first-order valence-corrected chi connectivity index (χ1v) is 14.0. The second-order valence-corrected chi connectivity index (χ2v) is 11.3. The second kappa shape index (κ2) is 11.0. The highest BCUT2D eigenvalue weighted by molar-refractivity contribution is 7.20. The maximum atomic E-state index is 5.87. The van der Waals surface area contributed by atoms with E-state index in [2.05, 4.69) is 73.7 Å². The molecule has 36 heavy (non-hydrogen) atoms. The summed E-state index contributed by atoms with van der Waals surface area (Å²) in [7, 11) is 1.79. The summed E-state index contributed by atoms with van der Waals surface area (Å²) in [5.74, 6) is 2.04. The van der Waals surface area contributed by atoms with Gasteiger partial charge in [-0.1, -0.05) is 74.4 Å². The van der Waals surface area contributed by atoms with E-state index >= 15 is 0 Å². The van der Waals surface area contributed by atoms with Crippen molar-refractivity contribution in [1.82, 2.24) is 0 Å². The van der Waals surface area contributed by atoms with Crippen LogP contribution in [-0.2, 0) is 13.0 Å². The van der Waals surface area contributed by atoms with Gasteiger partial charge in [-0.2, -0.15) is 0 Å². The van der Waals surface area contributed by atoms with Crippen molar-refractivity contribution in [3.05, 3.63) is 94.9 Å². The topological polar surface area (TPSA) is 35.2 Å². The van der Waals surface area contributed by atoms with Crippen LogP contribution < -0.4 is 10.5 Å². The molecule has 3 heteroatoms. The van der Waals surface area contributed by atoms with Crippen LogP contribution >= 0.6 is 11.3 Å².